The van der Waals surface area contributed by atoms with Crippen LogP contribution >= 0.6 is 12.4 Å². The van der Waals surface area contributed by atoms with Gasteiger partial charge in [0, 0.05) is 18.0 Å². The Morgan fingerprint density at radius 3 is 2.67 bits per heavy atom. The van der Waals surface area contributed by atoms with Gasteiger partial charge in [-0.05, 0) is 24.5 Å². The number of fused-ring (bicyclic) bond motifs is 1. The van der Waals surface area contributed by atoms with E-state index in [-0.39, 0.29) is 36.8 Å². The third-order valence-electron chi connectivity index (χ3n) is 4.16. The summed E-state index contributed by atoms with van der Waals surface area (Å²) < 4.78 is 5.73. The Morgan fingerprint density at radius 1 is 1.17 bits per heavy atom. The summed E-state index contributed by atoms with van der Waals surface area (Å²) in [7, 11) is 0. The normalized spacial score (nSPS) is 17.5. The minimum atomic E-state index is -0.284. The molecule has 3 N–H and O–H groups in total. The lowest BCUT2D eigenvalue weighted by atomic mass is 10.0. The monoisotopic (exact) mass is 346 g/mol. The van der Waals surface area contributed by atoms with E-state index in [0.717, 1.165) is 29.7 Å². The number of halogens is 1. The fourth-order valence-corrected chi connectivity index (χ4v) is 2.95. The number of carbonyl (C=O) groups is 1. The van der Waals surface area contributed by atoms with E-state index in [2.05, 4.69) is 5.32 Å². The van der Waals surface area contributed by atoms with Gasteiger partial charge >= 0.3 is 0 Å². The molecule has 1 aliphatic rings. The van der Waals surface area contributed by atoms with E-state index in [4.69, 9.17) is 10.5 Å². The van der Waals surface area contributed by atoms with Crippen molar-refractivity contribution < 1.29 is 9.53 Å². The van der Waals surface area contributed by atoms with Gasteiger partial charge in [0.2, 0.25) is 5.91 Å². The van der Waals surface area contributed by atoms with Crippen LogP contribution in [-0.2, 0) is 4.79 Å². The van der Waals surface area contributed by atoms with Gasteiger partial charge in [0.25, 0.3) is 0 Å². The van der Waals surface area contributed by atoms with Gasteiger partial charge in [-0.1, -0.05) is 48.5 Å². The van der Waals surface area contributed by atoms with Gasteiger partial charge in [0.15, 0.2) is 0 Å². The van der Waals surface area contributed by atoms with Gasteiger partial charge in [-0.3, -0.25) is 4.79 Å². The molecule has 5 heteroatoms. The van der Waals surface area contributed by atoms with Gasteiger partial charge in [-0.25, -0.2) is 0 Å². The fraction of sp³-hybridized carbons (Fsp3) is 0.316. The quantitative estimate of drug-likeness (QED) is 0.890. The van der Waals surface area contributed by atoms with Crippen molar-refractivity contribution in [1.82, 2.24) is 5.32 Å². The third-order valence-corrected chi connectivity index (χ3v) is 4.16. The smallest absolute Gasteiger partial charge is 0.222 e. The molecule has 1 heterocycles. The highest BCUT2D eigenvalue weighted by Crippen LogP contribution is 2.31. The molecule has 3 rings (SSSR count). The SMILES string of the molecule is Cl.NC(CC(=O)NC1CCCOc2ccccc21)c1ccccc1. The van der Waals surface area contributed by atoms with Gasteiger partial charge in [-0.2, -0.15) is 0 Å². The fourth-order valence-electron chi connectivity index (χ4n) is 2.95. The maximum absolute atomic E-state index is 12.4. The van der Waals surface area contributed by atoms with Crippen LogP contribution in [-0.4, -0.2) is 12.5 Å². The standard InChI is InChI=1S/C19H22N2O2.ClH/c20-16(14-7-2-1-3-8-14)13-19(22)21-17-10-6-12-23-18-11-5-4-9-15(17)18;/h1-5,7-9,11,16-17H,6,10,12-13,20H2,(H,21,22);1H. The van der Waals surface area contributed by atoms with Crippen molar-refractivity contribution in [2.45, 2.75) is 31.3 Å². The number of ether oxygens (including phenoxy) is 1. The van der Waals surface area contributed by atoms with Crippen molar-refractivity contribution >= 4 is 18.3 Å². The first-order valence-electron chi connectivity index (χ1n) is 8.05. The maximum atomic E-state index is 12.4. The van der Waals surface area contributed by atoms with E-state index in [9.17, 15) is 4.79 Å². The van der Waals surface area contributed by atoms with Crippen LogP contribution in [0.5, 0.6) is 5.75 Å². The number of hydrogen-bond donors (Lipinski definition) is 2. The minimum absolute atomic E-state index is 0. The zero-order valence-electron chi connectivity index (χ0n) is 13.5. The van der Waals surface area contributed by atoms with E-state index in [1.807, 2.05) is 54.6 Å². The number of rotatable bonds is 4. The lowest BCUT2D eigenvalue weighted by molar-refractivity contribution is -0.122. The molecule has 2 atom stereocenters. The summed E-state index contributed by atoms with van der Waals surface area (Å²) in [5, 5.41) is 3.12. The van der Waals surface area contributed by atoms with Crippen LogP contribution in [0, 0.1) is 0 Å². The number of nitrogens with one attached hydrogen (secondary N) is 1. The molecule has 24 heavy (non-hydrogen) atoms. The summed E-state index contributed by atoms with van der Waals surface area (Å²) in [6.07, 6.45) is 2.08. The first-order valence-corrected chi connectivity index (χ1v) is 8.05. The number of hydrogen-bond acceptors (Lipinski definition) is 3. The number of para-hydroxylation sites is 1. The maximum Gasteiger partial charge on any atom is 0.222 e. The number of nitrogens with two attached hydrogens (primary N) is 1. The number of amides is 1. The molecule has 0 saturated heterocycles. The summed E-state index contributed by atoms with van der Waals surface area (Å²) in [6, 6.07) is 17.3. The number of benzene rings is 2. The van der Waals surface area contributed by atoms with Crippen LogP contribution in [0.15, 0.2) is 54.6 Å². The van der Waals surface area contributed by atoms with Gasteiger partial charge in [-0.15, -0.1) is 12.4 Å². The average Bonchev–Trinajstić information content (AvgIpc) is 2.78. The predicted octanol–water partition coefficient (Wildman–Crippen LogP) is 3.53. The third kappa shape index (κ3) is 4.49. The summed E-state index contributed by atoms with van der Waals surface area (Å²) in [6.45, 7) is 0.687. The number of carbonyl (C=O) groups excluding carboxylic acids is 1. The largest absolute Gasteiger partial charge is 0.493 e. The molecule has 0 aliphatic carbocycles. The summed E-state index contributed by atoms with van der Waals surface area (Å²) in [4.78, 5) is 12.4. The lowest BCUT2D eigenvalue weighted by Crippen LogP contribution is -2.31. The van der Waals surface area contributed by atoms with Crippen molar-refractivity contribution in [3.8, 4) is 5.75 Å². The lowest BCUT2D eigenvalue weighted by Gasteiger charge is -2.20. The molecule has 0 radical (unpaired) electrons. The molecule has 0 saturated carbocycles. The van der Waals surface area contributed by atoms with E-state index in [0.29, 0.717) is 6.61 Å². The molecule has 2 aromatic rings. The van der Waals surface area contributed by atoms with Crippen LogP contribution in [0.2, 0.25) is 0 Å². The van der Waals surface area contributed by atoms with Crippen LogP contribution < -0.4 is 15.8 Å². The zero-order valence-corrected chi connectivity index (χ0v) is 14.3. The molecule has 0 fully saturated rings. The molecule has 1 aliphatic heterocycles. The Labute approximate surface area is 148 Å². The van der Waals surface area contributed by atoms with E-state index >= 15 is 0 Å². The Kier molecular flexibility index (Phi) is 6.64. The van der Waals surface area contributed by atoms with Gasteiger partial charge < -0.3 is 15.8 Å². The highest BCUT2D eigenvalue weighted by molar-refractivity contribution is 5.85. The highest BCUT2D eigenvalue weighted by Gasteiger charge is 2.22. The summed E-state index contributed by atoms with van der Waals surface area (Å²) in [5.41, 5.74) is 8.17. The molecule has 0 bridgehead atoms. The Hall–Kier alpha value is -2.04. The molecule has 2 aromatic carbocycles. The van der Waals surface area contributed by atoms with Gasteiger partial charge in [0.05, 0.1) is 12.6 Å². The summed E-state index contributed by atoms with van der Waals surface area (Å²) in [5.74, 6) is 0.839. The second-order valence-corrected chi connectivity index (χ2v) is 5.87. The van der Waals surface area contributed by atoms with Crippen LogP contribution in [0.1, 0.15) is 42.5 Å². The predicted molar refractivity (Wildman–Crippen MR) is 97.3 cm³/mol. The molecule has 2 unspecified atom stereocenters. The molecule has 1 amide bonds. The van der Waals surface area contributed by atoms with E-state index in [1.165, 1.54) is 0 Å². The second-order valence-electron chi connectivity index (χ2n) is 5.87. The molecule has 0 aromatic heterocycles. The first kappa shape index (κ1) is 18.3. The molecular weight excluding hydrogens is 324 g/mol. The molecule has 128 valence electrons. The van der Waals surface area contributed by atoms with Crippen LogP contribution in [0.3, 0.4) is 0 Å². The van der Waals surface area contributed by atoms with Crippen LogP contribution in [0.4, 0.5) is 0 Å². The van der Waals surface area contributed by atoms with Crippen molar-refractivity contribution in [2.24, 2.45) is 5.73 Å². The average molecular weight is 347 g/mol. The van der Waals surface area contributed by atoms with Crippen LogP contribution in [0.25, 0.3) is 0 Å². The molecule has 0 spiro atoms. The topological polar surface area (TPSA) is 64.4 Å². The molecular formula is C19H23ClN2O2. The highest BCUT2D eigenvalue weighted by atomic mass is 35.5. The zero-order chi connectivity index (χ0) is 16.1. The van der Waals surface area contributed by atoms with E-state index < -0.39 is 0 Å². The minimum Gasteiger partial charge on any atom is -0.493 e. The van der Waals surface area contributed by atoms with Crippen molar-refractivity contribution in [1.29, 1.82) is 0 Å². The Balaban J connectivity index is 0.00000208. The van der Waals surface area contributed by atoms with Crippen molar-refractivity contribution in [3.63, 3.8) is 0 Å². The first-order chi connectivity index (χ1) is 11.2. The van der Waals surface area contributed by atoms with Gasteiger partial charge in [0.1, 0.15) is 5.75 Å². The van der Waals surface area contributed by atoms with Crippen molar-refractivity contribution in [2.75, 3.05) is 6.61 Å². The van der Waals surface area contributed by atoms with Crippen molar-refractivity contribution in [3.05, 3.63) is 65.7 Å². The second kappa shape index (κ2) is 8.71. The van der Waals surface area contributed by atoms with E-state index in [1.54, 1.807) is 0 Å². The Bertz CT molecular complexity index is 663. The summed E-state index contributed by atoms with van der Waals surface area (Å²) >= 11 is 0. The Morgan fingerprint density at radius 2 is 1.88 bits per heavy atom. The molecule has 4 nitrogen and oxygen atoms in total.